The van der Waals surface area contributed by atoms with Gasteiger partial charge in [0.15, 0.2) is 5.69 Å². The number of nitrogens with zero attached hydrogens (tertiary/aromatic N) is 3. The maximum absolute atomic E-state index is 12.8. The van der Waals surface area contributed by atoms with E-state index in [0.717, 1.165) is 11.1 Å². The largest absolute Gasteiger partial charge is 0.346 e. The molecule has 0 aliphatic rings. The van der Waals surface area contributed by atoms with E-state index in [1.807, 2.05) is 42.5 Å². The number of fused-ring (bicyclic) bond motifs is 1. The first-order valence-electron chi connectivity index (χ1n) is 8.93. The van der Waals surface area contributed by atoms with E-state index >= 15 is 0 Å². The summed E-state index contributed by atoms with van der Waals surface area (Å²) < 4.78 is 1.34. The fourth-order valence-electron chi connectivity index (χ4n) is 3.04. The number of hydrogen-bond donors (Lipinski definition) is 1. The summed E-state index contributed by atoms with van der Waals surface area (Å²) in [6, 6.07) is 20.3. The fourth-order valence-corrected chi connectivity index (χ4v) is 3.04. The van der Waals surface area contributed by atoms with E-state index in [1.165, 1.54) is 4.68 Å². The van der Waals surface area contributed by atoms with Crippen molar-refractivity contribution in [1.29, 1.82) is 0 Å². The van der Waals surface area contributed by atoms with Crippen LogP contribution >= 0.6 is 0 Å². The van der Waals surface area contributed by atoms with Crippen molar-refractivity contribution >= 4 is 16.7 Å². The SMILES string of the molecule is O=C(NCc1cccnc1)c1nn(Cc2ccccc2)c(=O)c2ccccc12. The third-order valence-corrected chi connectivity index (χ3v) is 4.43. The highest BCUT2D eigenvalue weighted by Crippen LogP contribution is 2.14. The van der Waals surface area contributed by atoms with E-state index < -0.39 is 0 Å². The maximum atomic E-state index is 12.8. The first kappa shape index (κ1) is 17.6. The summed E-state index contributed by atoms with van der Waals surface area (Å²) in [5, 5.41) is 8.26. The molecule has 4 rings (SSSR count). The zero-order chi connectivity index (χ0) is 19.3. The van der Waals surface area contributed by atoms with E-state index in [4.69, 9.17) is 0 Å². The molecule has 0 saturated heterocycles. The lowest BCUT2D eigenvalue weighted by Crippen LogP contribution is -2.30. The number of amides is 1. The van der Waals surface area contributed by atoms with Crippen LogP contribution in [0.15, 0.2) is 83.9 Å². The van der Waals surface area contributed by atoms with Crippen molar-refractivity contribution in [2.75, 3.05) is 0 Å². The van der Waals surface area contributed by atoms with E-state index in [1.54, 1.807) is 36.7 Å². The summed E-state index contributed by atoms with van der Waals surface area (Å²) in [6.45, 7) is 0.633. The van der Waals surface area contributed by atoms with Gasteiger partial charge in [-0.15, -0.1) is 0 Å². The Bertz CT molecular complexity index is 1170. The molecule has 0 atom stereocenters. The molecule has 6 heteroatoms. The smallest absolute Gasteiger partial charge is 0.274 e. The number of carbonyl (C=O) groups excluding carboxylic acids is 1. The van der Waals surface area contributed by atoms with Gasteiger partial charge in [0.25, 0.3) is 11.5 Å². The number of hydrogen-bond acceptors (Lipinski definition) is 4. The second kappa shape index (κ2) is 7.84. The third-order valence-electron chi connectivity index (χ3n) is 4.43. The summed E-state index contributed by atoms with van der Waals surface area (Å²) in [5.74, 6) is -0.332. The molecule has 0 aliphatic heterocycles. The van der Waals surface area contributed by atoms with E-state index in [0.29, 0.717) is 23.9 Å². The van der Waals surface area contributed by atoms with Crippen molar-refractivity contribution in [3.05, 3.63) is 106 Å². The standard InChI is InChI=1S/C22H18N4O2/c27-21(24-14-17-9-6-12-23-13-17)20-18-10-4-5-11-19(18)22(28)26(25-20)15-16-7-2-1-3-8-16/h1-13H,14-15H2,(H,24,27). The molecule has 138 valence electrons. The van der Waals surface area contributed by atoms with Gasteiger partial charge in [-0.25, -0.2) is 4.68 Å². The normalized spacial score (nSPS) is 10.7. The summed E-state index contributed by atoms with van der Waals surface area (Å²) in [4.78, 5) is 29.7. The van der Waals surface area contributed by atoms with Crippen LogP contribution < -0.4 is 10.9 Å². The van der Waals surface area contributed by atoms with Crippen LogP contribution in [0.2, 0.25) is 0 Å². The van der Waals surface area contributed by atoms with E-state index in [2.05, 4.69) is 15.4 Å². The Morgan fingerprint density at radius 1 is 0.893 bits per heavy atom. The van der Waals surface area contributed by atoms with Gasteiger partial charge in [0.05, 0.1) is 11.9 Å². The molecule has 0 radical (unpaired) electrons. The van der Waals surface area contributed by atoms with Crippen LogP contribution in [0.4, 0.5) is 0 Å². The minimum Gasteiger partial charge on any atom is -0.346 e. The van der Waals surface area contributed by atoms with Crippen LogP contribution in [0.25, 0.3) is 10.8 Å². The average Bonchev–Trinajstić information content (AvgIpc) is 2.75. The molecule has 0 bridgehead atoms. The lowest BCUT2D eigenvalue weighted by Gasteiger charge is -2.11. The zero-order valence-corrected chi connectivity index (χ0v) is 15.1. The van der Waals surface area contributed by atoms with Crippen LogP contribution in [-0.4, -0.2) is 20.7 Å². The Labute approximate surface area is 161 Å². The molecule has 1 amide bonds. The van der Waals surface area contributed by atoms with Gasteiger partial charge >= 0.3 is 0 Å². The molecule has 0 saturated carbocycles. The fraction of sp³-hybridized carbons (Fsp3) is 0.0909. The van der Waals surface area contributed by atoms with Crippen LogP contribution in [0, 0.1) is 0 Å². The Hall–Kier alpha value is -3.80. The molecular formula is C22H18N4O2. The zero-order valence-electron chi connectivity index (χ0n) is 15.1. The molecule has 1 N–H and O–H groups in total. The highest BCUT2D eigenvalue weighted by atomic mass is 16.2. The van der Waals surface area contributed by atoms with Gasteiger partial charge in [-0.05, 0) is 23.3 Å². The molecule has 0 unspecified atom stereocenters. The summed E-state index contributed by atoms with van der Waals surface area (Å²) in [5.41, 5.74) is 1.84. The molecule has 2 aromatic heterocycles. The molecule has 2 heterocycles. The Kier molecular flexibility index (Phi) is 4.93. The van der Waals surface area contributed by atoms with Crippen LogP contribution in [-0.2, 0) is 13.1 Å². The molecule has 2 aromatic carbocycles. The highest BCUT2D eigenvalue weighted by molar-refractivity contribution is 6.04. The molecule has 0 spiro atoms. The minimum absolute atomic E-state index is 0.219. The van der Waals surface area contributed by atoms with Gasteiger partial charge in [0, 0.05) is 24.3 Å². The monoisotopic (exact) mass is 370 g/mol. The van der Waals surface area contributed by atoms with Crippen molar-refractivity contribution < 1.29 is 4.79 Å². The lowest BCUT2D eigenvalue weighted by atomic mass is 10.1. The quantitative estimate of drug-likeness (QED) is 0.586. The van der Waals surface area contributed by atoms with Gasteiger partial charge in [-0.2, -0.15) is 5.10 Å². The van der Waals surface area contributed by atoms with Crippen LogP contribution in [0.5, 0.6) is 0 Å². The van der Waals surface area contributed by atoms with Crippen LogP contribution in [0.1, 0.15) is 21.6 Å². The number of aromatic nitrogens is 3. The van der Waals surface area contributed by atoms with Crippen molar-refractivity contribution in [2.24, 2.45) is 0 Å². The van der Waals surface area contributed by atoms with Gasteiger partial charge in [0.2, 0.25) is 0 Å². The molecule has 0 aliphatic carbocycles. The number of pyridine rings is 1. The van der Waals surface area contributed by atoms with E-state index in [-0.39, 0.29) is 17.2 Å². The third kappa shape index (κ3) is 3.66. The van der Waals surface area contributed by atoms with Gasteiger partial charge < -0.3 is 5.32 Å². The van der Waals surface area contributed by atoms with E-state index in [9.17, 15) is 9.59 Å². The minimum atomic E-state index is -0.332. The van der Waals surface area contributed by atoms with Crippen molar-refractivity contribution in [2.45, 2.75) is 13.1 Å². The van der Waals surface area contributed by atoms with Gasteiger partial charge in [-0.3, -0.25) is 14.6 Å². The second-order valence-corrected chi connectivity index (χ2v) is 6.39. The number of nitrogens with one attached hydrogen (secondary N) is 1. The summed E-state index contributed by atoms with van der Waals surface area (Å²) in [6.07, 6.45) is 3.38. The van der Waals surface area contributed by atoms with Gasteiger partial charge in [0.1, 0.15) is 0 Å². The Morgan fingerprint density at radius 3 is 2.36 bits per heavy atom. The highest BCUT2D eigenvalue weighted by Gasteiger charge is 2.16. The van der Waals surface area contributed by atoms with Crippen LogP contribution in [0.3, 0.4) is 0 Å². The van der Waals surface area contributed by atoms with Gasteiger partial charge in [-0.1, -0.05) is 54.6 Å². The number of rotatable bonds is 5. The second-order valence-electron chi connectivity index (χ2n) is 6.39. The molecule has 0 fully saturated rings. The van der Waals surface area contributed by atoms with Crippen molar-refractivity contribution in [3.8, 4) is 0 Å². The number of benzene rings is 2. The summed E-state index contributed by atoms with van der Waals surface area (Å²) in [7, 11) is 0. The van der Waals surface area contributed by atoms with Crippen molar-refractivity contribution in [1.82, 2.24) is 20.1 Å². The predicted molar refractivity (Wildman–Crippen MR) is 107 cm³/mol. The maximum Gasteiger partial charge on any atom is 0.274 e. The Balaban J connectivity index is 1.71. The summed E-state index contributed by atoms with van der Waals surface area (Å²) >= 11 is 0. The lowest BCUT2D eigenvalue weighted by molar-refractivity contribution is 0.0945. The first-order chi connectivity index (χ1) is 13.7. The first-order valence-corrected chi connectivity index (χ1v) is 8.93. The van der Waals surface area contributed by atoms with Crippen molar-refractivity contribution in [3.63, 3.8) is 0 Å². The Morgan fingerprint density at radius 2 is 1.61 bits per heavy atom. The predicted octanol–water partition coefficient (Wildman–Crippen LogP) is 2.77. The molecular weight excluding hydrogens is 352 g/mol. The average molecular weight is 370 g/mol. The molecule has 4 aromatic rings. The topological polar surface area (TPSA) is 76.9 Å². The molecule has 6 nitrogen and oxygen atoms in total. The number of carbonyl (C=O) groups is 1. The molecule has 28 heavy (non-hydrogen) atoms.